The highest BCUT2D eigenvalue weighted by Gasteiger charge is 2.17. The van der Waals surface area contributed by atoms with Crippen molar-refractivity contribution >= 4 is 33.4 Å². The number of carbonyl (C=O) groups excluding carboxylic acids is 2. The minimum absolute atomic E-state index is 0.0396. The van der Waals surface area contributed by atoms with E-state index in [0.29, 0.717) is 12.2 Å². The average Bonchev–Trinajstić information content (AvgIpc) is 2.34. The van der Waals surface area contributed by atoms with E-state index in [4.69, 9.17) is 0 Å². The molecule has 0 saturated heterocycles. The third kappa shape index (κ3) is 4.14. The second-order valence-corrected chi connectivity index (χ2v) is 4.76. The van der Waals surface area contributed by atoms with E-state index in [1.807, 2.05) is 25.1 Å². The van der Waals surface area contributed by atoms with Gasteiger partial charge in [-0.15, -0.1) is 0 Å². The monoisotopic (exact) mass is 312 g/mol. The Morgan fingerprint density at radius 3 is 2.56 bits per heavy atom. The minimum Gasteiger partial charge on any atom is -0.355 e. The van der Waals surface area contributed by atoms with Gasteiger partial charge >= 0.3 is 0 Å². The number of carbonyl (C=O) groups is 2. The SMILES string of the molecule is CCCNC(=O)CN(C(C)=O)c1ccccc1Br. The second kappa shape index (κ2) is 7.16. The smallest absolute Gasteiger partial charge is 0.240 e. The summed E-state index contributed by atoms with van der Waals surface area (Å²) in [6.07, 6.45) is 0.876. The number of nitrogens with one attached hydrogen (secondary N) is 1. The fourth-order valence-electron chi connectivity index (χ4n) is 1.50. The molecule has 5 heteroatoms. The molecule has 0 aliphatic heterocycles. The first kappa shape index (κ1) is 14.7. The zero-order valence-corrected chi connectivity index (χ0v) is 12.2. The van der Waals surface area contributed by atoms with E-state index in [9.17, 15) is 9.59 Å². The Morgan fingerprint density at radius 2 is 2.00 bits per heavy atom. The lowest BCUT2D eigenvalue weighted by Crippen LogP contribution is -2.40. The highest BCUT2D eigenvalue weighted by atomic mass is 79.9. The molecule has 1 aromatic carbocycles. The van der Waals surface area contributed by atoms with Gasteiger partial charge in [-0.25, -0.2) is 0 Å². The molecule has 18 heavy (non-hydrogen) atoms. The van der Waals surface area contributed by atoms with Gasteiger partial charge in [-0.1, -0.05) is 19.1 Å². The number of halogens is 1. The molecule has 1 aromatic rings. The summed E-state index contributed by atoms with van der Waals surface area (Å²) in [5, 5.41) is 2.76. The first-order chi connectivity index (χ1) is 8.56. The van der Waals surface area contributed by atoms with E-state index in [0.717, 1.165) is 10.9 Å². The lowest BCUT2D eigenvalue weighted by atomic mass is 10.3. The summed E-state index contributed by atoms with van der Waals surface area (Å²) in [5.74, 6) is -0.309. The first-order valence-electron chi connectivity index (χ1n) is 5.85. The molecule has 0 unspecified atom stereocenters. The molecule has 1 rings (SSSR count). The predicted octanol–water partition coefficient (Wildman–Crippen LogP) is 2.33. The Kier molecular flexibility index (Phi) is 5.85. The van der Waals surface area contributed by atoms with Crippen LogP contribution in [0.3, 0.4) is 0 Å². The van der Waals surface area contributed by atoms with E-state index in [2.05, 4.69) is 21.2 Å². The fraction of sp³-hybridized carbons (Fsp3) is 0.385. The maximum Gasteiger partial charge on any atom is 0.240 e. The number of nitrogens with zero attached hydrogens (tertiary/aromatic N) is 1. The molecule has 0 aromatic heterocycles. The number of hydrogen-bond acceptors (Lipinski definition) is 2. The molecular weight excluding hydrogens is 296 g/mol. The van der Waals surface area contributed by atoms with Crippen LogP contribution in [-0.4, -0.2) is 24.9 Å². The van der Waals surface area contributed by atoms with Crippen molar-refractivity contribution in [3.05, 3.63) is 28.7 Å². The van der Waals surface area contributed by atoms with Gasteiger partial charge in [-0.2, -0.15) is 0 Å². The summed E-state index contributed by atoms with van der Waals surface area (Å²) < 4.78 is 0.795. The van der Waals surface area contributed by atoms with Gasteiger partial charge in [0.15, 0.2) is 0 Å². The fourth-order valence-corrected chi connectivity index (χ4v) is 2.00. The summed E-state index contributed by atoms with van der Waals surface area (Å²) in [6, 6.07) is 7.34. The molecule has 0 spiro atoms. The molecular formula is C13H17BrN2O2. The van der Waals surface area contributed by atoms with Crippen molar-refractivity contribution in [3.8, 4) is 0 Å². The van der Waals surface area contributed by atoms with Crippen molar-refractivity contribution in [3.63, 3.8) is 0 Å². The Morgan fingerprint density at radius 1 is 1.33 bits per heavy atom. The topological polar surface area (TPSA) is 49.4 Å². The largest absolute Gasteiger partial charge is 0.355 e. The van der Waals surface area contributed by atoms with Gasteiger partial charge in [0, 0.05) is 17.9 Å². The average molecular weight is 313 g/mol. The van der Waals surface area contributed by atoms with E-state index in [1.54, 1.807) is 6.07 Å². The molecule has 0 saturated carbocycles. The van der Waals surface area contributed by atoms with Gasteiger partial charge in [-0.05, 0) is 34.5 Å². The van der Waals surface area contributed by atoms with Crippen LogP contribution in [0.25, 0.3) is 0 Å². The van der Waals surface area contributed by atoms with Gasteiger partial charge in [0.25, 0.3) is 0 Å². The summed E-state index contributed by atoms with van der Waals surface area (Å²) in [4.78, 5) is 24.8. The molecule has 0 radical (unpaired) electrons. The van der Waals surface area contributed by atoms with Crippen LogP contribution < -0.4 is 10.2 Å². The van der Waals surface area contributed by atoms with Crippen LogP contribution in [0.15, 0.2) is 28.7 Å². The van der Waals surface area contributed by atoms with Gasteiger partial charge in [0.05, 0.1) is 5.69 Å². The Bertz CT molecular complexity index is 435. The summed E-state index contributed by atoms with van der Waals surface area (Å²) in [6.45, 7) is 4.10. The lowest BCUT2D eigenvalue weighted by molar-refractivity contribution is -0.123. The van der Waals surface area contributed by atoms with Gasteiger partial charge in [-0.3, -0.25) is 9.59 Å². The van der Waals surface area contributed by atoms with E-state index in [1.165, 1.54) is 11.8 Å². The van der Waals surface area contributed by atoms with Crippen LogP contribution in [0.2, 0.25) is 0 Å². The van der Waals surface area contributed by atoms with E-state index in [-0.39, 0.29) is 18.4 Å². The standard InChI is InChI=1S/C13H17BrN2O2/c1-3-8-15-13(18)9-16(10(2)17)12-7-5-4-6-11(12)14/h4-7H,3,8-9H2,1-2H3,(H,15,18). The van der Waals surface area contributed by atoms with Gasteiger partial charge in [0.2, 0.25) is 11.8 Å². The van der Waals surface area contributed by atoms with Crippen molar-refractivity contribution in [2.45, 2.75) is 20.3 Å². The van der Waals surface area contributed by atoms with Crippen molar-refractivity contribution in [2.75, 3.05) is 18.0 Å². The molecule has 2 amide bonds. The normalized spacial score (nSPS) is 9.94. The molecule has 1 N–H and O–H groups in total. The summed E-state index contributed by atoms with van der Waals surface area (Å²) in [5.41, 5.74) is 0.705. The predicted molar refractivity (Wildman–Crippen MR) is 75.5 cm³/mol. The van der Waals surface area contributed by atoms with E-state index >= 15 is 0 Å². The van der Waals surface area contributed by atoms with Gasteiger partial charge < -0.3 is 10.2 Å². The zero-order chi connectivity index (χ0) is 13.5. The number of hydrogen-bond donors (Lipinski definition) is 1. The molecule has 0 aliphatic carbocycles. The molecule has 4 nitrogen and oxygen atoms in total. The van der Waals surface area contributed by atoms with Crippen molar-refractivity contribution < 1.29 is 9.59 Å². The third-order valence-electron chi connectivity index (χ3n) is 2.40. The maximum absolute atomic E-state index is 11.7. The number of benzene rings is 1. The summed E-state index contributed by atoms with van der Waals surface area (Å²) >= 11 is 3.38. The summed E-state index contributed by atoms with van der Waals surface area (Å²) in [7, 11) is 0. The number of amides is 2. The second-order valence-electron chi connectivity index (χ2n) is 3.91. The number of rotatable bonds is 5. The van der Waals surface area contributed by atoms with Crippen molar-refractivity contribution in [1.29, 1.82) is 0 Å². The Labute approximate surface area is 115 Å². The van der Waals surface area contributed by atoms with Crippen LogP contribution in [0, 0.1) is 0 Å². The van der Waals surface area contributed by atoms with Gasteiger partial charge in [0.1, 0.15) is 6.54 Å². The van der Waals surface area contributed by atoms with Crippen LogP contribution in [0.4, 0.5) is 5.69 Å². The van der Waals surface area contributed by atoms with E-state index < -0.39 is 0 Å². The Hall–Kier alpha value is -1.36. The number of anilines is 1. The molecule has 98 valence electrons. The van der Waals surface area contributed by atoms with Crippen LogP contribution in [-0.2, 0) is 9.59 Å². The molecule has 0 fully saturated rings. The van der Waals surface area contributed by atoms with Crippen LogP contribution in [0.5, 0.6) is 0 Å². The van der Waals surface area contributed by atoms with Crippen molar-refractivity contribution in [2.24, 2.45) is 0 Å². The maximum atomic E-state index is 11.7. The number of para-hydroxylation sites is 1. The lowest BCUT2D eigenvalue weighted by Gasteiger charge is -2.21. The third-order valence-corrected chi connectivity index (χ3v) is 3.07. The molecule has 0 aliphatic rings. The molecule has 0 bridgehead atoms. The molecule has 0 atom stereocenters. The van der Waals surface area contributed by atoms with Crippen LogP contribution >= 0.6 is 15.9 Å². The minimum atomic E-state index is -0.159. The molecule has 0 heterocycles. The first-order valence-corrected chi connectivity index (χ1v) is 6.65. The zero-order valence-electron chi connectivity index (χ0n) is 10.6. The van der Waals surface area contributed by atoms with Crippen LogP contribution in [0.1, 0.15) is 20.3 Å². The quantitative estimate of drug-likeness (QED) is 0.907. The Balaban J connectivity index is 2.81. The highest BCUT2D eigenvalue weighted by Crippen LogP contribution is 2.25. The van der Waals surface area contributed by atoms with Crippen molar-refractivity contribution in [1.82, 2.24) is 5.32 Å². The highest BCUT2D eigenvalue weighted by molar-refractivity contribution is 9.10.